The fourth-order valence-electron chi connectivity index (χ4n) is 2.47. The van der Waals surface area contributed by atoms with E-state index in [-0.39, 0.29) is 0 Å². The van der Waals surface area contributed by atoms with Gasteiger partial charge in [0.2, 0.25) is 0 Å². The van der Waals surface area contributed by atoms with E-state index in [0.717, 1.165) is 6.42 Å². The van der Waals surface area contributed by atoms with Gasteiger partial charge < -0.3 is 5.32 Å². The zero-order valence-electron chi connectivity index (χ0n) is 10.7. The van der Waals surface area contributed by atoms with Gasteiger partial charge in [0.25, 0.3) is 0 Å². The SMILES string of the molecule is N#CCCCCCCC1NC=Cc2ccccc21. The van der Waals surface area contributed by atoms with Gasteiger partial charge in [-0.25, -0.2) is 0 Å². The first-order valence-electron chi connectivity index (χ1n) is 6.80. The lowest BCUT2D eigenvalue weighted by molar-refractivity contribution is 0.514. The Morgan fingerprint density at radius 3 is 2.83 bits per heavy atom. The molecule has 1 aliphatic rings. The van der Waals surface area contributed by atoms with Crippen LogP contribution in [-0.2, 0) is 0 Å². The molecule has 18 heavy (non-hydrogen) atoms. The van der Waals surface area contributed by atoms with Gasteiger partial charge in [-0.2, -0.15) is 5.26 Å². The third kappa shape index (κ3) is 3.37. The van der Waals surface area contributed by atoms with Crippen LogP contribution in [0.4, 0.5) is 0 Å². The van der Waals surface area contributed by atoms with E-state index >= 15 is 0 Å². The zero-order chi connectivity index (χ0) is 12.6. The van der Waals surface area contributed by atoms with E-state index in [1.807, 2.05) is 0 Å². The average molecular weight is 240 g/mol. The Morgan fingerprint density at radius 1 is 1.11 bits per heavy atom. The predicted octanol–water partition coefficient (Wildman–Crippen LogP) is 4.17. The number of unbranched alkanes of at least 4 members (excludes halogenated alkanes) is 4. The first-order valence-corrected chi connectivity index (χ1v) is 6.80. The van der Waals surface area contributed by atoms with Crippen LogP contribution in [0.2, 0.25) is 0 Å². The summed E-state index contributed by atoms with van der Waals surface area (Å²) in [6, 6.07) is 11.2. The molecule has 0 bridgehead atoms. The number of nitriles is 1. The van der Waals surface area contributed by atoms with Crippen LogP contribution in [0.15, 0.2) is 30.5 Å². The Labute approximate surface area is 109 Å². The van der Waals surface area contributed by atoms with Gasteiger partial charge in [0.05, 0.1) is 12.1 Å². The second-order valence-corrected chi connectivity index (χ2v) is 4.79. The maximum Gasteiger partial charge on any atom is 0.0621 e. The minimum absolute atomic E-state index is 0.460. The van der Waals surface area contributed by atoms with Crippen LogP contribution in [-0.4, -0.2) is 0 Å². The fraction of sp³-hybridized carbons (Fsp3) is 0.438. The summed E-state index contributed by atoms with van der Waals surface area (Å²) in [6.07, 6.45) is 10.8. The standard InChI is InChI=1S/C16H20N2/c17-12-7-3-1-2-4-10-16-15-9-6-5-8-14(15)11-13-18-16/h5-6,8-9,11,13,16,18H,1-4,7,10H2. The highest BCUT2D eigenvalue weighted by molar-refractivity contribution is 5.56. The number of nitrogens with zero attached hydrogens (tertiary/aromatic N) is 1. The van der Waals surface area contributed by atoms with Gasteiger partial charge in [0.1, 0.15) is 0 Å². The highest BCUT2D eigenvalue weighted by Gasteiger charge is 2.14. The Hall–Kier alpha value is -1.75. The van der Waals surface area contributed by atoms with E-state index in [1.165, 1.54) is 36.8 Å². The molecule has 1 aliphatic heterocycles. The molecule has 0 saturated carbocycles. The number of hydrogen-bond acceptors (Lipinski definition) is 2. The minimum atomic E-state index is 0.460. The highest BCUT2D eigenvalue weighted by Crippen LogP contribution is 2.27. The van der Waals surface area contributed by atoms with E-state index < -0.39 is 0 Å². The first kappa shape index (κ1) is 12.7. The monoisotopic (exact) mass is 240 g/mol. The van der Waals surface area contributed by atoms with Crippen molar-refractivity contribution >= 4 is 6.08 Å². The van der Waals surface area contributed by atoms with Crippen molar-refractivity contribution in [2.75, 3.05) is 0 Å². The number of fused-ring (bicyclic) bond motifs is 1. The van der Waals surface area contributed by atoms with Crippen molar-refractivity contribution in [1.82, 2.24) is 5.32 Å². The van der Waals surface area contributed by atoms with Crippen molar-refractivity contribution in [2.45, 2.75) is 44.6 Å². The summed E-state index contributed by atoms with van der Waals surface area (Å²) in [6.45, 7) is 0. The van der Waals surface area contributed by atoms with Gasteiger partial charge in [-0.15, -0.1) is 0 Å². The van der Waals surface area contributed by atoms with E-state index in [0.29, 0.717) is 12.5 Å². The number of hydrogen-bond donors (Lipinski definition) is 1. The van der Waals surface area contributed by atoms with Crippen molar-refractivity contribution in [1.29, 1.82) is 5.26 Å². The second-order valence-electron chi connectivity index (χ2n) is 4.79. The Kier molecular flexibility index (Phi) is 4.84. The van der Waals surface area contributed by atoms with Crippen molar-refractivity contribution in [2.24, 2.45) is 0 Å². The normalized spacial score (nSPS) is 16.7. The van der Waals surface area contributed by atoms with Gasteiger partial charge in [-0.1, -0.05) is 43.5 Å². The molecule has 94 valence electrons. The summed E-state index contributed by atoms with van der Waals surface area (Å²) in [7, 11) is 0. The average Bonchev–Trinajstić information content (AvgIpc) is 2.43. The molecule has 2 rings (SSSR count). The van der Waals surface area contributed by atoms with Gasteiger partial charge in [0.15, 0.2) is 0 Å². The van der Waals surface area contributed by atoms with Crippen molar-refractivity contribution in [3.8, 4) is 6.07 Å². The second kappa shape index (κ2) is 6.86. The van der Waals surface area contributed by atoms with Crippen LogP contribution < -0.4 is 5.32 Å². The summed E-state index contributed by atoms with van der Waals surface area (Å²) < 4.78 is 0. The van der Waals surface area contributed by atoms with Crippen LogP contribution in [0.5, 0.6) is 0 Å². The maximum atomic E-state index is 8.47. The first-order chi connectivity index (χ1) is 8.92. The number of rotatable bonds is 6. The van der Waals surface area contributed by atoms with Gasteiger partial charge >= 0.3 is 0 Å². The largest absolute Gasteiger partial charge is 0.384 e. The van der Waals surface area contributed by atoms with E-state index in [2.05, 4.69) is 47.9 Å². The van der Waals surface area contributed by atoms with Crippen molar-refractivity contribution in [3.05, 3.63) is 41.6 Å². The summed E-state index contributed by atoms with van der Waals surface area (Å²) >= 11 is 0. The lowest BCUT2D eigenvalue weighted by atomic mass is 9.93. The topological polar surface area (TPSA) is 35.8 Å². The molecule has 0 fully saturated rings. The fourth-order valence-corrected chi connectivity index (χ4v) is 2.47. The molecule has 1 heterocycles. The van der Waals surface area contributed by atoms with Gasteiger partial charge in [-0.3, -0.25) is 0 Å². The van der Waals surface area contributed by atoms with Crippen LogP contribution in [0.1, 0.15) is 55.7 Å². The third-order valence-corrected chi connectivity index (χ3v) is 3.46. The quantitative estimate of drug-likeness (QED) is 0.758. The molecule has 0 amide bonds. The van der Waals surface area contributed by atoms with Crippen LogP contribution in [0.25, 0.3) is 6.08 Å². The smallest absolute Gasteiger partial charge is 0.0621 e. The minimum Gasteiger partial charge on any atom is -0.384 e. The molecule has 0 radical (unpaired) electrons. The molecule has 1 aromatic rings. The molecule has 0 aliphatic carbocycles. The van der Waals surface area contributed by atoms with Crippen molar-refractivity contribution < 1.29 is 0 Å². The summed E-state index contributed by atoms with van der Waals surface area (Å²) in [4.78, 5) is 0. The maximum absolute atomic E-state index is 8.47. The van der Waals surface area contributed by atoms with E-state index in [1.54, 1.807) is 0 Å². The molecule has 1 aromatic carbocycles. The van der Waals surface area contributed by atoms with Crippen molar-refractivity contribution in [3.63, 3.8) is 0 Å². The highest BCUT2D eigenvalue weighted by atomic mass is 14.9. The lowest BCUT2D eigenvalue weighted by Crippen LogP contribution is -2.19. The molecule has 0 aromatic heterocycles. The molecule has 1 atom stereocenters. The Morgan fingerprint density at radius 2 is 1.94 bits per heavy atom. The number of nitrogens with one attached hydrogen (secondary N) is 1. The molecular formula is C16H20N2. The molecular weight excluding hydrogens is 220 g/mol. The molecule has 2 heteroatoms. The van der Waals surface area contributed by atoms with Crippen LogP contribution >= 0.6 is 0 Å². The Bertz CT molecular complexity index is 443. The Balaban J connectivity index is 1.78. The van der Waals surface area contributed by atoms with Crippen LogP contribution in [0, 0.1) is 11.3 Å². The van der Waals surface area contributed by atoms with Gasteiger partial charge in [-0.05, 0) is 36.2 Å². The molecule has 0 spiro atoms. The number of benzene rings is 1. The van der Waals surface area contributed by atoms with Gasteiger partial charge in [0, 0.05) is 6.42 Å². The molecule has 1 unspecified atom stereocenters. The predicted molar refractivity (Wildman–Crippen MR) is 74.7 cm³/mol. The summed E-state index contributed by atoms with van der Waals surface area (Å²) in [5.74, 6) is 0. The molecule has 0 saturated heterocycles. The molecule has 2 nitrogen and oxygen atoms in total. The van der Waals surface area contributed by atoms with E-state index in [9.17, 15) is 0 Å². The summed E-state index contributed by atoms with van der Waals surface area (Å²) in [5, 5.41) is 11.9. The zero-order valence-corrected chi connectivity index (χ0v) is 10.7. The summed E-state index contributed by atoms with van der Waals surface area (Å²) in [5.41, 5.74) is 2.75. The van der Waals surface area contributed by atoms with E-state index in [4.69, 9.17) is 5.26 Å². The lowest BCUT2D eigenvalue weighted by Gasteiger charge is -2.23. The third-order valence-electron chi connectivity index (χ3n) is 3.46. The van der Waals surface area contributed by atoms with Crippen LogP contribution in [0.3, 0.4) is 0 Å². The molecule has 1 N–H and O–H groups in total.